The number of ketones is 1. The maximum absolute atomic E-state index is 14.9. The fourth-order valence-corrected chi connectivity index (χ4v) is 20.1. The second-order valence-electron chi connectivity index (χ2n) is 30.9. The first-order chi connectivity index (χ1) is 58.7. The number of aromatic nitrogens is 3. The van der Waals surface area contributed by atoms with Crippen molar-refractivity contribution in [2.75, 3.05) is 54.5 Å². The highest BCUT2D eigenvalue weighted by atomic mass is 127. The SMILES string of the molecule is CC#C/C=C\C#C[C@H](OC1OC(C)C(NOC2CC(O)C(SC(=O)c3c(C)c(I)c(OC4OC(C)C(O)C(OC)C4O)c(OC)c3OC)C(C)O2)C(O)C1OC1CC(OC)C(N(CC)C(C)=O)CO1)C1/C(=C\CSSC(C)(C)CC(=O)NNC(=O)[C@H](C)NC(=O)[C@H](CC(N)=O)NC(=O)CCCn2nnc(CBr)c2CBr)[C@](O)(C(C)C)CC(=O)C1NC(=O)OC. The van der Waals surface area contributed by atoms with E-state index < -0.39 is 209 Å². The average molecular weight is 2050 g/mol. The zero-order valence-corrected chi connectivity index (χ0v) is 79.9. The summed E-state index contributed by atoms with van der Waals surface area (Å²) in [5.74, 6) is 4.85. The third kappa shape index (κ3) is 27.3. The number of carbonyl (C=O) groups excluding carboxylic acids is 9. The van der Waals surface area contributed by atoms with E-state index in [1.165, 1.54) is 76.0 Å². The highest BCUT2D eigenvalue weighted by Crippen LogP contribution is 2.50. The standard InChI is InChI=1S/C80H116Br2IN11O27S3/c1-18-20-21-22-23-25-52(60-45(80(108,38(3)4)33-51(97)63(60)87-78(107)113-17)27-29-122-124-79(11,12)34-56(100)89-90-73(104)40(6)85-74(105)46(30-54(84)98)86-55(99)26-24-28-94-48(36-82)47(35-81)88-92-94)118-77-70(119-57-32-53(109-13)49(37-114-57)93(19-2)44(10)95)65(102)62(41(7)116-77)91-121-58-31-50(96)72(43(9)115-58)123-75(106)59-39(5)61(83)68(71(112-16)67(59)110-14)120-76-66(103)69(111-15)64(101)42(8)117-76/h21-22,27,38,40-43,46,49-50,52-53,57-58,60,62-66,69-70,72,76-77,91,96,101-103,108H,19,24,26,28-37H2,1-17H3,(H2,84,98)(H,85,105)(H,86,99)(H,87,107)(H,89,100)(H,90,104)/b22-21-,45-27+/t40-,41?,42?,43?,46-,49?,50?,52-,53?,57?,58?,60?,62?,63?,64?,65?,66?,69?,70?,72?,76?,77?,80+/m0/s1. The van der Waals surface area contributed by atoms with Gasteiger partial charge in [0.15, 0.2) is 36.2 Å². The molecule has 38 nitrogen and oxygen atoms in total. The number of hydrazine groups is 1. The minimum atomic E-state index is -1.97. The minimum absolute atomic E-state index is 0.00412. The summed E-state index contributed by atoms with van der Waals surface area (Å²) < 4.78 is 74.5. The summed E-state index contributed by atoms with van der Waals surface area (Å²) in [5.41, 5.74) is 13.2. The summed E-state index contributed by atoms with van der Waals surface area (Å²) in [7, 11) is 9.08. The Morgan fingerprint density at radius 3 is 2.16 bits per heavy atom. The number of nitrogens with two attached hydrogens (primary N) is 1. The fourth-order valence-electron chi connectivity index (χ4n) is 14.9. The summed E-state index contributed by atoms with van der Waals surface area (Å²) in [4.78, 5) is 129. The molecule has 23 atom stereocenters. The Kier molecular flexibility index (Phi) is 41.6. The van der Waals surface area contributed by atoms with Gasteiger partial charge in [0.05, 0.1) is 108 Å². The van der Waals surface area contributed by atoms with E-state index in [1.54, 1.807) is 78.0 Å². The molecule has 4 saturated heterocycles. The highest BCUT2D eigenvalue weighted by molar-refractivity contribution is 14.1. The lowest BCUT2D eigenvalue weighted by molar-refractivity contribution is -0.340. The van der Waals surface area contributed by atoms with Gasteiger partial charge in [-0.2, -0.15) is 5.48 Å². The molecule has 1 aromatic heterocycles. The van der Waals surface area contributed by atoms with Crippen LogP contribution in [0.4, 0.5) is 4.79 Å². The number of ether oxygens (including phenoxy) is 12. The highest BCUT2D eigenvalue weighted by Gasteiger charge is 2.57. The number of nitrogens with zero attached hydrogens (tertiary/aromatic N) is 4. The smallest absolute Gasteiger partial charge is 0.407 e. The average Bonchev–Trinajstić information content (AvgIpc) is 0.770. The van der Waals surface area contributed by atoms with Gasteiger partial charge in [0, 0.05) is 93.4 Å². The minimum Gasteiger partial charge on any atom is -0.492 e. The number of halogens is 3. The molecule has 1 saturated carbocycles. The van der Waals surface area contributed by atoms with Crippen LogP contribution >= 0.6 is 87.8 Å². The van der Waals surface area contributed by atoms with Crippen molar-refractivity contribution in [3.63, 3.8) is 0 Å². The number of alkyl halides is 2. The van der Waals surface area contributed by atoms with Gasteiger partial charge in [0.2, 0.25) is 46.7 Å². The molecule has 5 fully saturated rings. The van der Waals surface area contributed by atoms with Crippen LogP contribution in [-0.2, 0) is 98.2 Å². The van der Waals surface area contributed by atoms with Gasteiger partial charge < -0.3 is 109 Å². The number of alkyl carbamates (subject to hydrolysis) is 1. The van der Waals surface area contributed by atoms with Crippen molar-refractivity contribution in [2.45, 2.75) is 283 Å². The van der Waals surface area contributed by atoms with E-state index in [-0.39, 0.29) is 72.3 Å². The molecule has 19 unspecified atom stereocenters. The number of carbonyl (C=O) groups is 9. The van der Waals surface area contributed by atoms with Crippen molar-refractivity contribution in [1.29, 1.82) is 0 Å². The van der Waals surface area contributed by atoms with Crippen molar-refractivity contribution in [1.82, 2.24) is 52.2 Å². The van der Waals surface area contributed by atoms with E-state index in [4.69, 9.17) is 67.4 Å². The van der Waals surface area contributed by atoms with Gasteiger partial charge in [-0.15, -0.1) is 11.0 Å². The maximum Gasteiger partial charge on any atom is 0.407 e. The number of rotatable bonds is 38. The number of nitrogens with one attached hydrogen (secondary N) is 6. The van der Waals surface area contributed by atoms with Crippen LogP contribution in [0.2, 0.25) is 0 Å². The topological polar surface area (TPSA) is 507 Å². The molecule has 1 aromatic carbocycles. The molecule has 7 amide bonds. The molecule has 2 aromatic rings. The van der Waals surface area contributed by atoms with E-state index in [0.717, 1.165) is 30.3 Å². The first-order valence-corrected chi connectivity index (χ1v) is 46.6. The normalized spacial score (nSPS) is 28.8. The van der Waals surface area contributed by atoms with E-state index >= 15 is 0 Å². The molecule has 692 valence electrons. The summed E-state index contributed by atoms with van der Waals surface area (Å²) in [6, 6.07) is -6.08. The summed E-state index contributed by atoms with van der Waals surface area (Å²) in [6.07, 6.45) is -16.6. The van der Waals surface area contributed by atoms with Gasteiger partial charge in [-0.3, -0.25) is 54.0 Å². The number of hydroxylamine groups is 1. The third-order valence-corrected chi connectivity index (χ3v) is 28.4. The van der Waals surface area contributed by atoms with Gasteiger partial charge in [-0.25, -0.2) is 9.48 Å². The summed E-state index contributed by atoms with van der Waals surface area (Å²) in [6.45, 7) is 20.1. The number of likely N-dealkylation sites (N-methyl/N-ethyl adjacent to an activating group) is 1. The molecule has 5 heterocycles. The number of methoxy groups -OCH3 is 5. The van der Waals surface area contributed by atoms with Gasteiger partial charge in [-0.1, -0.05) is 108 Å². The van der Waals surface area contributed by atoms with Crippen LogP contribution in [0.15, 0.2) is 23.8 Å². The maximum atomic E-state index is 14.9. The molecule has 0 radical (unpaired) electrons. The van der Waals surface area contributed by atoms with E-state index in [9.17, 15) is 68.7 Å². The number of benzene rings is 1. The molecule has 1 aliphatic carbocycles. The van der Waals surface area contributed by atoms with Gasteiger partial charge in [-0.05, 0) is 121 Å². The van der Waals surface area contributed by atoms with Crippen molar-refractivity contribution >= 4 is 140 Å². The predicted octanol–water partition coefficient (Wildman–Crippen LogP) is 3.61. The van der Waals surface area contributed by atoms with Crippen molar-refractivity contribution in [3.05, 3.63) is 49.9 Å². The lowest BCUT2D eigenvalue weighted by Crippen LogP contribution is -2.66. The molecular weight excluding hydrogens is 1930 g/mol. The Labute approximate surface area is 763 Å². The molecule has 5 aliphatic rings. The van der Waals surface area contributed by atoms with E-state index in [1.807, 2.05) is 29.5 Å². The first kappa shape index (κ1) is 105. The van der Waals surface area contributed by atoms with E-state index in [0.29, 0.717) is 39.3 Å². The quantitative estimate of drug-likeness (QED) is 0.00869. The Morgan fingerprint density at radius 1 is 0.855 bits per heavy atom. The van der Waals surface area contributed by atoms with Crippen molar-refractivity contribution in [2.24, 2.45) is 17.6 Å². The van der Waals surface area contributed by atoms with Crippen LogP contribution in [0.25, 0.3) is 0 Å². The van der Waals surface area contributed by atoms with Crippen LogP contribution in [-0.4, -0.2) is 290 Å². The lowest BCUT2D eigenvalue weighted by atomic mass is 9.64. The van der Waals surface area contributed by atoms with Crippen LogP contribution in [0.3, 0.4) is 0 Å². The van der Waals surface area contributed by atoms with Crippen LogP contribution in [0.5, 0.6) is 17.2 Å². The van der Waals surface area contributed by atoms with Gasteiger partial charge in [0.25, 0.3) is 5.91 Å². The van der Waals surface area contributed by atoms with Crippen LogP contribution in [0, 0.1) is 46.0 Å². The zero-order valence-electron chi connectivity index (χ0n) is 72.1. The molecule has 4 aliphatic heterocycles. The second kappa shape index (κ2) is 49.1. The van der Waals surface area contributed by atoms with Crippen molar-refractivity contribution in [3.8, 4) is 40.9 Å². The number of aryl methyl sites for hydroxylation is 1. The van der Waals surface area contributed by atoms with E-state index in [2.05, 4.69) is 98.1 Å². The van der Waals surface area contributed by atoms with Crippen molar-refractivity contribution < 1.29 is 130 Å². The summed E-state index contributed by atoms with van der Waals surface area (Å²) in [5, 5.41) is 75.2. The monoisotopic (exact) mass is 2040 g/mol. The van der Waals surface area contributed by atoms with Crippen LogP contribution < -0.4 is 52.2 Å². The molecule has 13 N–H and O–H groups in total. The Morgan fingerprint density at radius 2 is 1.55 bits per heavy atom. The lowest BCUT2D eigenvalue weighted by Gasteiger charge is -2.49. The Balaban J connectivity index is 1.11. The number of primary amides is 1. The number of aliphatic hydroxyl groups is 5. The van der Waals surface area contributed by atoms with Gasteiger partial charge in [0.1, 0.15) is 54.7 Å². The molecular formula is C80H116Br2IN11O27S3. The number of allylic oxidation sites excluding steroid dienone is 2. The number of thioether (sulfide) groups is 1. The van der Waals surface area contributed by atoms with Crippen LogP contribution in [0.1, 0.15) is 148 Å². The Bertz CT molecular complexity index is 4220. The molecule has 0 spiro atoms. The number of hydrogen-bond acceptors (Lipinski definition) is 33. The number of Topliss-reactive ketones (excluding diaryl/α,β-unsaturated/α-hetero) is 1. The van der Waals surface area contributed by atoms with Gasteiger partial charge >= 0.3 is 6.09 Å². The summed E-state index contributed by atoms with van der Waals surface area (Å²) >= 11 is 9.55. The number of aliphatic hydroxyl groups excluding tert-OH is 4. The predicted molar refractivity (Wildman–Crippen MR) is 469 cm³/mol. The second-order valence-corrected chi connectivity index (χ2v) is 37.3. The Hall–Kier alpha value is -6.07. The molecule has 44 heteroatoms. The molecule has 0 bridgehead atoms. The third-order valence-electron chi connectivity index (χ3n) is 21.5. The molecule has 124 heavy (non-hydrogen) atoms. The zero-order chi connectivity index (χ0) is 91.9. The molecule has 7 rings (SSSR count). The number of amides is 7. The fraction of sp³-hybridized carbons (Fsp3) is 0.688. The first-order valence-electron chi connectivity index (χ1n) is 40.1. The largest absolute Gasteiger partial charge is 0.492 e. The number of hydrogen-bond donors (Lipinski definition) is 12.